The molecular formula is C20H28N2O3. The molecule has 5 nitrogen and oxygen atoms in total. The topological polar surface area (TPSA) is 58.6 Å². The lowest BCUT2D eigenvalue weighted by atomic mass is 9.82. The number of rotatable bonds is 4. The van der Waals surface area contributed by atoms with E-state index in [1.165, 1.54) is 6.42 Å². The molecule has 25 heavy (non-hydrogen) atoms. The molecule has 1 aliphatic heterocycles. The van der Waals surface area contributed by atoms with Gasteiger partial charge in [0.1, 0.15) is 11.0 Å². The summed E-state index contributed by atoms with van der Waals surface area (Å²) in [4.78, 5) is 27.2. The minimum Gasteiger partial charge on any atom is -0.459 e. The van der Waals surface area contributed by atoms with E-state index in [4.69, 9.17) is 4.74 Å². The molecule has 3 atom stereocenters. The van der Waals surface area contributed by atoms with Gasteiger partial charge in [-0.1, -0.05) is 30.3 Å². The number of carbonyl (C=O) groups is 2. The van der Waals surface area contributed by atoms with Gasteiger partial charge in [-0.25, -0.2) is 4.79 Å². The molecule has 1 aromatic rings. The third kappa shape index (κ3) is 3.97. The van der Waals surface area contributed by atoms with E-state index >= 15 is 0 Å². The van der Waals surface area contributed by atoms with Crippen LogP contribution >= 0.6 is 0 Å². The van der Waals surface area contributed by atoms with Gasteiger partial charge in [-0.3, -0.25) is 4.79 Å². The maximum atomic E-state index is 12.9. The molecule has 1 heterocycles. The average molecular weight is 344 g/mol. The van der Waals surface area contributed by atoms with E-state index in [1.807, 2.05) is 62.9 Å². The van der Waals surface area contributed by atoms with Crippen molar-refractivity contribution in [2.75, 3.05) is 19.6 Å². The number of esters is 1. The second-order valence-electron chi connectivity index (χ2n) is 8.52. The Balaban J connectivity index is 1.72. The Labute approximate surface area is 149 Å². The van der Waals surface area contributed by atoms with Crippen molar-refractivity contribution < 1.29 is 14.3 Å². The molecule has 2 aliphatic rings. The van der Waals surface area contributed by atoms with Gasteiger partial charge in [-0.2, -0.15) is 0 Å². The van der Waals surface area contributed by atoms with Crippen molar-refractivity contribution >= 4 is 12.0 Å². The molecule has 1 saturated heterocycles. The molecule has 136 valence electrons. The van der Waals surface area contributed by atoms with E-state index < -0.39 is 11.0 Å². The molecule has 2 fully saturated rings. The zero-order valence-electron chi connectivity index (χ0n) is 15.5. The summed E-state index contributed by atoms with van der Waals surface area (Å²) in [5, 5.41) is 2.96. The van der Waals surface area contributed by atoms with Crippen molar-refractivity contribution in [1.82, 2.24) is 10.2 Å². The van der Waals surface area contributed by atoms with Gasteiger partial charge in [-0.15, -0.1) is 0 Å². The van der Waals surface area contributed by atoms with E-state index in [0.29, 0.717) is 11.8 Å². The lowest BCUT2D eigenvalue weighted by molar-refractivity contribution is -0.161. The zero-order chi connectivity index (χ0) is 18.2. The Morgan fingerprint density at radius 1 is 1.12 bits per heavy atom. The van der Waals surface area contributed by atoms with Crippen LogP contribution in [0.4, 0.5) is 4.79 Å². The molecule has 0 aromatic heterocycles. The Morgan fingerprint density at radius 3 is 2.28 bits per heavy atom. The fourth-order valence-electron chi connectivity index (χ4n) is 3.42. The lowest BCUT2D eigenvalue weighted by Gasteiger charge is -2.32. The van der Waals surface area contributed by atoms with E-state index in [-0.39, 0.29) is 18.5 Å². The van der Waals surface area contributed by atoms with Crippen LogP contribution in [-0.4, -0.2) is 42.1 Å². The number of amides is 2. The Kier molecular flexibility index (Phi) is 4.52. The smallest absolute Gasteiger partial charge is 0.318 e. The van der Waals surface area contributed by atoms with Crippen LogP contribution in [0.25, 0.3) is 0 Å². The van der Waals surface area contributed by atoms with Crippen molar-refractivity contribution in [2.45, 2.75) is 45.1 Å². The predicted molar refractivity (Wildman–Crippen MR) is 96.2 cm³/mol. The Bertz CT molecular complexity index is 643. The van der Waals surface area contributed by atoms with Gasteiger partial charge >= 0.3 is 12.0 Å². The number of hydrogen-bond donors (Lipinski definition) is 1. The summed E-state index contributed by atoms with van der Waals surface area (Å²) in [6.07, 6.45) is 1.25. The van der Waals surface area contributed by atoms with Crippen LogP contribution < -0.4 is 5.32 Å². The highest BCUT2D eigenvalue weighted by Gasteiger charge is 2.47. The number of fused-ring (bicyclic) bond motifs is 1. The van der Waals surface area contributed by atoms with Crippen LogP contribution in [0.2, 0.25) is 0 Å². The molecule has 0 radical (unpaired) electrons. The number of benzene rings is 1. The molecule has 1 aromatic carbocycles. The van der Waals surface area contributed by atoms with E-state index in [0.717, 1.165) is 18.7 Å². The van der Waals surface area contributed by atoms with Crippen LogP contribution in [-0.2, 0) is 14.9 Å². The standard InChI is InChI=1S/C20H28N2O3/c1-19(2,3)25-17(23)20(4,16-8-6-5-7-9-16)13-21-18(24)22-11-14-10-15(14)12-22/h5-9,14-15H,10-13H2,1-4H3,(H,21,24). The van der Waals surface area contributed by atoms with Gasteiger partial charge in [-0.05, 0) is 51.5 Å². The monoisotopic (exact) mass is 344 g/mol. The molecule has 3 rings (SSSR count). The quantitative estimate of drug-likeness (QED) is 0.855. The average Bonchev–Trinajstić information content (AvgIpc) is 3.17. The molecule has 5 heteroatoms. The highest BCUT2D eigenvalue weighted by molar-refractivity contribution is 5.84. The molecule has 3 unspecified atom stereocenters. The minimum absolute atomic E-state index is 0.0853. The van der Waals surface area contributed by atoms with Crippen molar-refractivity contribution in [1.29, 1.82) is 0 Å². The summed E-state index contributed by atoms with van der Waals surface area (Å²) >= 11 is 0. The first-order valence-corrected chi connectivity index (χ1v) is 9.01. The fourth-order valence-corrected chi connectivity index (χ4v) is 3.42. The van der Waals surface area contributed by atoms with Gasteiger partial charge in [0.15, 0.2) is 0 Å². The van der Waals surface area contributed by atoms with E-state index in [9.17, 15) is 9.59 Å². The van der Waals surface area contributed by atoms with Crippen LogP contribution in [0.3, 0.4) is 0 Å². The molecule has 2 amide bonds. The van der Waals surface area contributed by atoms with Crippen LogP contribution in [0.5, 0.6) is 0 Å². The van der Waals surface area contributed by atoms with Crippen molar-refractivity contribution in [2.24, 2.45) is 11.8 Å². The number of hydrogen-bond acceptors (Lipinski definition) is 3. The van der Waals surface area contributed by atoms with E-state index in [2.05, 4.69) is 5.32 Å². The molecule has 1 N–H and O–H groups in total. The maximum Gasteiger partial charge on any atom is 0.318 e. The number of ether oxygens (including phenoxy) is 1. The number of likely N-dealkylation sites (tertiary alicyclic amines) is 1. The van der Waals surface area contributed by atoms with Gasteiger partial charge in [0.2, 0.25) is 0 Å². The molecule has 0 spiro atoms. The summed E-state index contributed by atoms with van der Waals surface area (Å²) < 4.78 is 5.64. The second-order valence-corrected chi connectivity index (χ2v) is 8.52. The summed E-state index contributed by atoms with van der Waals surface area (Å²) in [5.74, 6) is 1.06. The van der Waals surface area contributed by atoms with Crippen molar-refractivity contribution in [3.05, 3.63) is 35.9 Å². The normalized spacial score (nSPS) is 24.2. The van der Waals surface area contributed by atoms with Crippen LogP contribution in [0.15, 0.2) is 30.3 Å². The minimum atomic E-state index is -0.924. The van der Waals surface area contributed by atoms with Crippen LogP contribution in [0.1, 0.15) is 39.7 Å². The first kappa shape index (κ1) is 17.8. The predicted octanol–water partition coefficient (Wildman–Crippen LogP) is 2.95. The fraction of sp³-hybridized carbons (Fsp3) is 0.600. The largest absolute Gasteiger partial charge is 0.459 e. The summed E-state index contributed by atoms with van der Waals surface area (Å²) in [5.41, 5.74) is -0.658. The summed E-state index contributed by atoms with van der Waals surface area (Å²) in [6.45, 7) is 9.28. The second kappa shape index (κ2) is 6.36. The molecular weight excluding hydrogens is 316 g/mol. The summed E-state index contributed by atoms with van der Waals surface area (Å²) in [6, 6.07) is 9.43. The number of piperidine rings is 1. The van der Waals surface area contributed by atoms with Gasteiger partial charge in [0, 0.05) is 19.6 Å². The number of nitrogens with one attached hydrogen (secondary N) is 1. The third-order valence-corrected chi connectivity index (χ3v) is 5.12. The molecule has 1 saturated carbocycles. The Morgan fingerprint density at radius 2 is 1.72 bits per heavy atom. The van der Waals surface area contributed by atoms with Crippen LogP contribution in [0, 0.1) is 11.8 Å². The molecule has 0 bridgehead atoms. The van der Waals surface area contributed by atoms with Gasteiger partial charge in [0.25, 0.3) is 0 Å². The van der Waals surface area contributed by atoms with Gasteiger partial charge in [0.05, 0.1) is 0 Å². The van der Waals surface area contributed by atoms with Gasteiger partial charge < -0.3 is 15.0 Å². The highest BCUT2D eigenvalue weighted by atomic mass is 16.6. The lowest BCUT2D eigenvalue weighted by Crippen LogP contribution is -2.50. The number of urea groups is 1. The third-order valence-electron chi connectivity index (χ3n) is 5.12. The first-order chi connectivity index (χ1) is 11.7. The maximum absolute atomic E-state index is 12.9. The first-order valence-electron chi connectivity index (χ1n) is 9.01. The zero-order valence-corrected chi connectivity index (χ0v) is 15.5. The van der Waals surface area contributed by atoms with Crippen molar-refractivity contribution in [3.8, 4) is 0 Å². The number of nitrogens with zero attached hydrogens (tertiary/aromatic N) is 1. The van der Waals surface area contributed by atoms with E-state index in [1.54, 1.807) is 0 Å². The SMILES string of the molecule is CC(C)(C)OC(=O)C(C)(CNC(=O)N1CC2CC2C1)c1ccccc1. The summed E-state index contributed by atoms with van der Waals surface area (Å²) in [7, 11) is 0. The highest BCUT2D eigenvalue weighted by Crippen LogP contribution is 2.44. The number of carbonyl (C=O) groups excluding carboxylic acids is 2. The van der Waals surface area contributed by atoms with Crippen molar-refractivity contribution in [3.63, 3.8) is 0 Å². The molecule has 1 aliphatic carbocycles. The Hall–Kier alpha value is -2.04.